The summed E-state index contributed by atoms with van der Waals surface area (Å²) in [6.45, 7) is 21.8. The zero-order valence-electron chi connectivity index (χ0n) is 31.6. The summed E-state index contributed by atoms with van der Waals surface area (Å²) in [6.07, 6.45) is 3.96. The molecule has 0 spiro atoms. The zero-order valence-corrected chi connectivity index (χ0v) is 34.8. The molecule has 0 N–H and O–H groups in total. The van der Waals surface area contributed by atoms with Gasteiger partial charge in [-0.3, -0.25) is 0 Å². The van der Waals surface area contributed by atoms with E-state index >= 15 is 0 Å². The van der Waals surface area contributed by atoms with Crippen LogP contribution in [0.1, 0.15) is 64.6 Å². The minimum atomic E-state index is -0.0539. The number of pyridine rings is 2. The largest absolute Gasteiger partial charge is 0.501 e. The number of hydrogen-bond donors (Lipinski definition) is 0. The maximum atomic E-state index is 6.51. The third-order valence-electron chi connectivity index (χ3n) is 10.1. The first-order valence-electron chi connectivity index (χ1n) is 17.6. The number of aryl methyl sites for hydroxylation is 7. The number of thiophene rings is 1. The van der Waals surface area contributed by atoms with Gasteiger partial charge < -0.3 is 14.4 Å². The van der Waals surface area contributed by atoms with Crippen LogP contribution in [0.4, 0.5) is 0 Å². The molecule has 8 aromatic rings. The molecule has 5 heteroatoms. The number of hydrogen-bond acceptors (Lipinski definition) is 4. The van der Waals surface area contributed by atoms with Gasteiger partial charge in [0.1, 0.15) is 5.58 Å². The van der Waals surface area contributed by atoms with E-state index in [2.05, 4.69) is 147 Å². The van der Waals surface area contributed by atoms with Crippen LogP contribution in [0.2, 0.25) is 0 Å². The van der Waals surface area contributed by atoms with Crippen LogP contribution in [0, 0.1) is 60.6 Å². The molecule has 0 saturated heterocycles. The van der Waals surface area contributed by atoms with Crippen molar-refractivity contribution in [3.63, 3.8) is 0 Å². The van der Waals surface area contributed by atoms with E-state index in [-0.39, 0.29) is 25.5 Å². The van der Waals surface area contributed by atoms with Crippen LogP contribution in [0.15, 0.2) is 89.6 Å². The van der Waals surface area contributed by atoms with Gasteiger partial charge in [0.15, 0.2) is 0 Å². The van der Waals surface area contributed by atoms with Gasteiger partial charge in [-0.1, -0.05) is 74.5 Å². The van der Waals surface area contributed by atoms with E-state index in [0.29, 0.717) is 0 Å². The summed E-state index contributed by atoms with van der Waals surface area (Å²) in [5, 5.41) is 3.64. The molecule has 0 bridgehead atoms. The molecule has 0 aliphatic rings. The van der Waals surface area contributed by atoms with Crippen molar-refractivity contribution in [1.29, 1.82) is 0 Å². The fourth-order valence-corrected chi connectivity index (χ4v) is 8.11. The fourth-order valence-electron chi connectivity index (χ4n) is 6.90. The number of rotatable bonds is 3. The SMILES string of the molecule is Cc1c[c-]c(-c2cc(C)c(C)cn2)cc1.Cc1cccc(C)c1-c1cnc(-c2[c-]ccc3c2oc2ccc4c(C)c(C)sc4c23)cc1C(C)(C)C.[Ir]. The first-order chi connectivity index (χ1) is 24.3. The number of nitrogens with zero attached hydrogens (tertiary/aromatic N) is 2. The molecule has 1 radical (unpaired) electrons. The van der Waals surface area contributed by atoms with Gasteiger partial charge in [0.25, 0.3) is 0 Å². The van der Waals surface area contributed by atoms with E-state index in [9.17, 15) is 0 Å². The predicted molar refractivity (Wildman–Crippen MR) is 217 cm³/mol. The van der Waals surface area contributed by atoms with Crippen LogP contribution in [-0.4, -0.2) is 9.97 Å². The molecule has 0 saturated carbocycles. The molecule has 0 fully saturated rings. The molecule has 4 aromatic heterocycles. The first-order valence-corrected chi connectivity index (χ1v) is 18.4. The maximum absolute atomic E-state index is 6.51. The Morgan fingerprint density at radius 2 is 1.44 bits per heavy atom. The quantitative estimate of drug-likeness (QED) is 0.166. The standard InChI is InChI=1S/C33H30NOS.C14H14N.Ir/c1-18-10-8-11-19(2)29(18)25-17-34-27(16-26(25)33(5,6)7)23-12-9-13-24-30-28(35-31(23)24)15-14-22-20(3)21(4)36-32(22)30;1-10-4-6-13(7-5-10)14-8-11(2)12(3)9-15-14;/h8-11,13-17H,1-7H3;4-6,8-9H,1-3H3;/q2*-1;. The summed E-state index contributed by atoms with van der Waals surface area (Å²) >= 11 is 1.85. The number of benzene rings is 4. The van der Waals surface area contributed by atoms with Crippen molar-refractivity contribution in [3.8, 4) is 33.6 Å². The normalized spacial score (nSPS) is 11.5. The molecular formula is C47H44IrN2OS-2. The van der Waals surface area contributed by atoms with Gasteiger partial charge >= 0.3 is 0 Å². The Morgan fingerprint density at radius 3 is 2.12 bits per heavy atom. The molecule has 0 unspecified atom stereocenters. The average Bonchev–Trinajstić information content (AvgIpc) is 3.62. The second-order valence-electron chi connectivity index (χ2n) is 14.9. The molecule has 3 nitrogen and oxygen atoms in total. The van der Waals surface area contributed by atoms with Gasteiger partial charge in [-0.25, -0.2) is 0 Å². The number of aromatic nitrogens is 2. The van der Waals surface area contributed by atoms with Gasteiger partial charge in [-0.15, -0.1) is 64.9 Å². The molecule has 8 rings (SSSR count). The monoisotopic (exact) mass is 877 g/mol. The average molecular weight is 877 g/mol. The fraction of sp³-hybridized carbons (Fsp3) is 0.234. The van der Waals surface area contributed by atoms with Gasteiger partial charge in [0.2, 0.25) is 0 Å². The van der Waals surface area contributed by atoms with Crippen molar-refractivity contribution >= 4 is 43.4 Å². The summed E-state index contributed by atoms with van der Waals surface area (Å²) in [5.74, 6) is 0. The first kappa shape index (κ1) is 37.3. The van der Waals surface area contributed by atoms with Gasteiger partial charge in [-0.05, 0) is 109 Å². The Bertz CT molecular complexity index is 2560. The molecule has 0 amide bonds. The third-order valence-corrected chi connectivity index (χ3v) is 11.3. The summed E-state index contributed by atoms with van der Waals surface area (Å²) in [6, 6.07) is 32.1. The van der Waals surface area contributed by atoms with Crippen molar-refractivity contribution in [2.75, 3.05) is 0 Å². The number of fused-ring (bicyclic) bond motifs is 5. The molecule has 0 atom stereocenters. The van der Waals surface area contributed by atoms with Crippen LogP contribution < -0.4 is 0 Å². The third kappa shape index (κ3) is 6.90. The molecule has 4 aromatic carbocycles. The molecule has 0 aliphatic carbocycles. The minimum absolute atomic E-state index is 0. The van der Waals surface area contributed by atoms with Crippen LogP contribution in [0.3, 0.4) is 0 Å². The Morgan fingerprint density at radius 1 is 0.712 bits per heavy atom. The summed E-state index contributed by atoms with van der Waals surface area (Å²) < 4.78 is 7.81. The van der Waals surface area contributed by atoms with Crippen LogP contribution in [-0.2, 0) is 25.5 Å². The molecule has 52 heavy (non-hydrogen) atoms. The van der Waals surface area contributed by atoms with E-state index < -0.39 is 0 Å². The predicted octanol–water partition coefficient (Wildman–Crippen LogP) is 13.3. The van der Waals surface area contributed by atoms with Gasteiger partial charge in [0.05, 0.1) is 5.58 Å². The smallest absolute Gasteiger partial charge is 0.122 e. The van der Waals surface area contributed by atoms with Crippen LogP contribution in [0.25, 0.3) is 65.7 Å². The van der Waals surface area contributed by atoms with Crippen molar-refractivity contribution in [3.05, 3.63) is 141 Å². The number of furan rings is 1. The maximum Gasteiger partial charge on any atom is 0.122 e. The van der Waals surface area contributed by atoms with E-state index in [1.807, 2.05) is 35.9 Å². The van der Waals surface area contributed by atoms with Crippen molar-refractivity contribution < 1.29 is 24.5 Å². The summed E-state index contributed by atoms with van der Waals surface area (Å²) in [4.78, 5) is 10.8. The van der Waals surface area contributed by atoms with Crippen molar-refractivity contribution in [1.82, 2.24) is 9.97 Å². The van der Waals surface area contributed by atoms with Crippen molar-refractivity contribution in [2.24, 2.45) is 0 Å². The molecule has 4 heterocycles. The topological polar surface area (TPSA) is 38.9 Å². The zero-order chi connectivity index (χ0) is 36.2. The Labute approximate surface area is 325 Å². The van der Waals surface area contributed by atoms with Crippen LogP contribution in [0.5, 0.6) is 0 Å². The van der Waals surface area contributed by atoms with E-state index in [1.165, 1.54) is 70.4 Å². The van der Waals surface area contributed by atoms with E-state index in [4.69, 9.17) is 9.40 Å². The van der Waals surface area contributed by atoms with E-state index in [0.717, 1.165) is 39.1 Å². The Balaban J connectivity index is 0.000000244. The molecule has 265 valence electrons. The minimum Gasteiger partial charge on any atom is -0.501 e. The summed E-state index contributed by atoms with van der Waals surface area (Å²) in [7, 11) is 0. The van der Waals surface area contributed by atoms with E-state index in [1.54, 1.807) is 0 Å². The Hall–Kier alpha value is -4.41. The Kier molecular flexibility index (Phi) is 10.4. The second kappa shape index (κ2) is 14.5. The molecular weight excluding hydrogens is 833 g/mol. The summed E-state index contributed by atoms with van der Waals surface area (Å²) in [5.41, 5.74) is 17.0. The van der Waals surface area contributed by atoms with Gasteiger partial charge in [0, 0.05) is 53.0 Å². The van der Waals surface area contributed by atoms with Gasteiger partial charge in [-0.2, -0.15) is 0 Å². The van der Waals surface area contributed by atoms with Crippen molar-refractivity contribution in [2.45, 2.75) is 74.7 Å². The second-order valence-corrected chi connectivity index (χ2v) is 16.1. The molecule has 0 aliphatic heterocycles. The van der Waals surface area contributed by atoms with Crippen LogP contribution >= 0.6 is 11.3 Å².